The van der Waals surface area contributed by atoms with Crippen molar-refractivity contribution in [1.82, 2.24) is 10.1 Å². The van der Waals surface area contributed by atoms with Crippen molar-refractivity contribution in [2.45, 2.75) is 32.9 Å². The highest BCUT2D eigenvalue weighted by molar-refractivity contribution is 5.30. The van der Waals surface area contributed by atoms with E-state index in [4.69, 9.17) is 15.0 Å². The van der Waals surface area contributed by atoms with Crippen LogP contribution < -0.4 is 10.5 Å². The first-order chi connectivity index (χ1) is 8.88. The van der Waals surface area contributed by atoms with Gasteiger partial charge in [-0.2, -0.15) is 4.98 Å². The number of halogens is 1. The van der Waals surface area contributed by atoms with Gasteiger partial charge in [0.2, 0.25) is 0 Å². The molecule has 2 rings (SSSR count). The van der Waals surface area contributed by atoms with Crippen LogP contribution in [0.5, 0.6) is 5.75 Å². The number of ether oxygens (including phenoxy) is 1. The first kappa shape index (κ1) is 13.5. The summed E-state index contributed by atoms with van der Waals surface area (Å²) in [4.78, 5) is 4.10. The van der Waals surface area contributed by atoms with Crippen LogP contribution in [-0.4, -0.2) is 10.1 Å². The maximum atomic E-state index is 13.7. The highest BCUT2D eigenvalue weighted by atomic mass is 19.1. The third-order valence-electron chi connectivity index (χ3n) is 2.55. The summed E-state index contributed by atoms with van der Waals surface area (Å²) in [6, 6.07) is 4.94. The Labute approximate surface area is 110 Å². The summed E-state index contributed by atoms with van der Waals surface area (Å²) in [7, 11) is 0. The zero-order valence-corrected chi connectivity index (χ0v) is 11.1. The van der Waals surface area contributed by atoms with Crippen LogP contribution in [0.3, 0.4) is 0 Å². The van der Waals surface area contributed by atoms with Gasteiger partial charge in [-0.05, 0) is 32.4 Å². The smallest absolute Gasteiger partial charge is 0.264 e. The van der Waals surface area contributed by atoms with E-state index < -0.39 is 5.54 Å². The number of benzene rings is 1. The molecule has 2 N–H and O–H groups in total. The van der Waals surface area contributed by atoms with Crippen LogP contribution in [-0.2, 0) is 12.1 Å². The molecular formula is C13H16FN3O2. The second kappa shape index (κ2) is 4.97. The van der Waals surface area contributed by atoms with Crippen LogP contribution >= 0.6 is 0 Å². The number of nitrogens with zero attached hydrogens (tertiary/aromatic N) is 2. The third kappa shape index (κ3) is 3.08. The molecule has 102 valence electrons. The van der Waals surface area contributed by atoms with Crippen molar-refractivity contribution < 1.29 is 13.7 Å². The molecule has 6 heteroatoms. The predicted octanol–water partition coefficient (Wildman–Crippen LogP) is 2.29. The third-order valence-corrected chi connectivity index (χ3v) is 2.55. The summed E-state index contributed by atoms with van der Waals surface area (Å²) >= 11 is 0. The summed E-state index contributed by atoms with van der Waals surface area (Å²) in [5.41, 5.74) is 5.67. The van der Waals surface area contributed by atoms with Gasteiger partial charge in [0, 0.05) is 0 Å². The number of rotatable bonds is 4. The van der Waals surface area contributed by atoms with Gasteiger partial charge in [0.25, 0.3) is 5.89 Å². The van der Waals surface area contributed by atoms with E-state index in [1.807, 2.05) is 0 Å². The van der Waals surface area contributed by atoms with Crippen LogP contribution in [0.4, 0.5) is 4.39 Å². The summed E-state index contributed by atoms with van der Waals surface area (Å²) in [5.74, 6) is 0.415. The Morgan fingerprint density at radius 2 is 2.16 bits per heavy atom. The summed E-state index contributed by atoms with van der Waals surface area (Å²) in [5, 5.41) is 3.75. The van der Waals surface area contributed by atoms with E-state index in [0.29, 0.717) is 11.4 Å². The molecule has 0 spiro atoms. The zero-order chi connectivity index (χ0) is 14.0. The van der Waals surface area contributed by atoms with Crippen LogP contribution in [0.1, 0.15) is 31.1 Å². The lowest BCUT2D eigenvalue weighted by molar-refractivity contribution is 0.233. The van der Waals surface area contributed by atoms with E-state index >= 15 is 0 Å². The molecule has 0 aliphatic heterocycles. The minimum atomic E-state index is -0.684. The lowest BCUT2D eigenvalue weighted by atomic mass is 10.1. The van der Waals surface area contributed by atoms with E-state index in [-0.39, 0.29) is 24.1 Å². The second-order valence-electron chi connectivity index (χ2n) is 4.91. The van der Waals surface area contributed by atoms with E-state index in [2.05, 4.69) is 10.1 Å². The minimum Gasteiger partial charge on any atom is -0.481 e. The fourth-order valence-corrected chi connectivity index (χ4v) is 1.45. The second-order valence-corrected chi connectivity index (χ2v) is 4.91. The Hall–Kier alpha value is -1.95. The van der Waals surface area contributed by atoms with Crippen molar-refractivity contribution in [3.05, 3.63) is 41.3 Å². The van der Waals surface area contributed by atoms with Crippen molar-refractivity contribution in [1.29, 1.82) is 0 Å². The Morgan fingerprint density at radius 3 is 2.79 bits per heavy atom. The molecule has 0 radical (unpaired) electrons. The highest BCUT2D eigenvalue weighted by Gasteiger charge is 2.21. The molecule has 2 aromatic rings. The molecule has 0 saturated carbocycles. The van der Waals surface area contributed by atoms with Gasteiger partial charge in [-0.15, -0.1) is 0 Å². The van der Waals surface area contributed by atoms with E-state index in [1.54, 1.807) is 39.0 Å². The highest BCUT2D eigenvalue weighted by Crippen LogP contribution is 2.21. The van der Waals surface area contributed by atoms with Crippen molar-refractivity contribution >= 4 is 0 Å². The molecule has 0 aliphatic carbocycles. The number of aromatic nitrogens is 2. The molecule has 5 nitrogen and oxygen atoms in total. The first-order valence-corrected chi connectivity index (χ1v) is 5.88. The Kier molecular flexibility index (Phi) is 3.53. The summed E-state index contributed by atoms with van der Waals surface area (Å²) < 4.78 is 24.0. The SMILES string of the molecule is Cc1cccc(OCc2nc(C(C)(C)N)no2)c1F. The summed E-state index contributed by atoms with van der Waals surface area (Å²) in [6.07, 6.45) is 0. The molecule has 0 amide bonds. The quantitative estimate of drug-likeness (QED) is 0.918. The Balaban J connectivity index is 2.07. The fourth-order valence-electron chi connectivity index (χ4n) is 1.45. The number of hydrogen-bond acceptors (Lipinski definition) is 5. The van der Waals surface area contributed by atoms with E-state index in [9.17, 15) is 4.39 Å². The van der Waals surface area contributed by atoms with Crippen molar-refractivity contribution in [2.75, 3.05) is 0 Å². The van der Waals surface area contributed by atoms with Gasteiger partial charge < -0.3 is 15.0 Å². The van der Waals surface area contributed by atoms with E-state index in [1.165, 1.54) is 0 Å². The molecule has 0 aliphatic rings. The maximum absolute atomic E-state index is 13.7. The Bertz CT molecular complexity index is 576. The number of aryl methyl sites for hydroxylation is 1. The van der Waals surface area contributed by atoms with Gasteiger partial charge in [-0.3, -0.25) is 0 Å². The average molecular weight is 265 g/mol. The topological polar surface area (TPSA) is 74.2 Å². The standard InChI is InChI=1S/C13H16FN3O2/c1-8-5-4-6-9(11(8)14)18-7-10-16-12(17-19-10)13(2,3)15/h4-6H,7,15H2,1-3H3. The van der Waals surface area contributed by atoms with Gasteiger partial charge in [0.05, 0.1) is 5.54 Å². The van der Waals surface area contributed by atoms with Crippen LogP contribution in [0, 0.1) is 12.7 Å². The molecule has 0 unspecified atom stereocenters. The van der Waals surface area contributed by atoms with Crippen molar-refractivity contribution in [3.63, 3.8) is 0 Å². The van der Waals surface area contributed by atoms with Crippen molar-refractivity contribution in [2.24, 2.45) is 5.73 Å². The lowest BCUT2D eigenvalue weighted by Crippen LogP contribution is -2.30. The maximum Gasteiger partial charge on any atom is 0.264 e. The van der Waals surface area contributed by atoms with Crippen LogP contribution in [0.25, 0.3) is 0 Å². The molecular weight excluding hydrogens is 249 g/mol. The zero-order valence-electron chi connectivity index (χ0n) is 11.1. The van der Waals surface area contributed by atoms with Gasteiger partial charge in [-0.25, -0.2) is 4.39 Å². The monoisotopic (exact) mass is 265 g/mol. The minimum absolute atomic E-state index is 0.00343. The molecule has 1 heterocycles. The first-order valence-electron chi connectivity index (χ1n) is 5.88. The predicted molar refractivity (Wildman–Crippen MR) is 67.0 cm³/mol. The average Bonchev–Trinajstić information content (AvgIpc) is 2.79. The summed E-state index contributed by atoms with van der Waals surface area (Å²) in [6.45, 7) is 5.21. The molecule has 1 aromatic carbocycles. The fraction of sp³-hybridized carbons (Fsp3) is 0.385. The molecule has 1 aromatic heterocycles. The molecule has 0 atom stereocenters. The molecule has 0 bridgehead atoms. The van der Waals surface area contributed by atoms with Gasteiger partial charge in [-0.1, -0.05) is 17.3 Å². The molecule has 0 fully saturated rings. The molecule has 19 heavy (non-hydrogen) atoms. The van der Waals surface area contributed by atoms with Crippen molar-refractivity contribution in [3.8, 4) is 5.75 Å². The van der Waals surface area contributed by atoms with Crippen LogP contribution in [0.15, 0.2) is 22.7 Å². The van der Waals surface area contributed by atoms with Gasteiger partial charge in [0.15, 0.2) is 24.0 Å². The molecule has 0 saturated heterocycles. The number of nitrogens with two attached hydrogens (primary N) is 1. The number of hydrogen-bond donors (Lipinski definition) is 1. The lowest BCUT2D eigenvalue weighted by Gasteiger charge is -2.11. The van der Waals surface area contributed by atoms with Gasteiger partial charge >= 0.3 is 0 Å². The van der Waals surface area contributed by atoms with Crippen LogP contribution in [0.2, 0.25) is 0 Å². The Morgan fingerprint density at radius 1 is 1.42 bits per heavy atom. The van der Waals surface area contributed by atoms with E-state index in [0.717, 1.165) is 0 Å². The largest absolute Gasteiger partial charge is 0.481 e. The van der Waals surface area contributed by atoms with Gasteiger partial charge in [0.1, 0.15) is 0 Å². The normalized spacial score (nSPS) is 11.6.